The molecule has 0 fully saturated rings. The molecule has 2 rings (SSSR count). The molecule has 1 atom stereocenters. The molecule has 0 spiro atoms. The van der Waals surface area contributed by atoms with E-state index >= 15 is 0 Å². The number of nitrogens with two attached hydrogens (primary N) is 1. The maximum Gasteiger partial charge on any atom is 0.0951 e. The standard InChI is InChI=1S/C15H21N3/c1-4-11(3)18(5-2)14-9-10-17-15-12(14)7-6-8-13(15)16/h6-11H,4-5,16H2,1-3H3. The second kappa shape index (κ2) is 5.25. The molecule has 0 bridgehead atoms. The lowest BCUT2D eigenvalue weighted by Crippen LogP contribution is -2.32. The first kappa shape index (κ1) is 12.7. The molecule has 0 aliphatic rings. The Balaban J connectivity index is 2.60. The number of aromatic nitrogens is 1. The lowest BCUT2D eigenvalue weighted by molar-refractivity contribution is 0.631. The summed E-state index contributed by atoms with van der Waals surface area (Å²) in [5.41, 5.74) is 8.87. The predicted molar refractivity (Wildman–Crippen MR) is 78.9 cm³/mol. The summed E-state index contributed by atoms with van der Waals surface area (Å²) in [5.74, 6) is 0. The van der Waals surface area contributed by atoms with Gasteiger partial charge in [0.05, 0.1) is 11.2 Å². The van der Waals surface area contributed by atoms with Gasteiger partial charge in [0.25, 0.3) is 0 Å². The molecule has 0 amide bonds. The SMILES string of the molecule is CCC(C)N(CC)c1ccnc2c(N)cccc12. The van der Waals surface area contributed by atoms with Crippen molar-refractivity contribution < 1.29 is 0 Å². The van der Waals surface area contributed by atoms with Crippen molar-refractivity contribution in [2.45, 2.75) is 33.2 Å². The van der Waals surface area contributed by atoms with Crippen molar-refractivity contribution in [2.24, 2.45) is 0 Å². The molecule has 2 N–H and O–H groups in total. The number of rotatable bonds is 4. The van der Waals surface area contributed by atoms with Gasteiger partial charge >= 0.3 is 0 Å². The van der Waals surface area contributed by atoms with E-state index in [1.165, 1.54) is 5.69 Å². The molecule has 1 aromatic carbocycles. The second-order valence-electron chi connectivity index (χ2n) is 4.62. The number of nitrogen functional groups attached to an aromatic ring is 1. The number of anilines is 2. The summed E-state index contributed by atoms with van der Waals surface area (Å²) in [6, 6.07) is 8.59. The Morgan fingerprint density at radius 1 is 1.28 bits per heavy atom. The zero-order chi connectivity index (χ0) is 13.1. The summed E-state index contributed by atoms with van der Waals surface area (Å²) in [6.07, 6.45) is 2.97. The first-order valence-electron chi connectivity index (χ1n) is 6.58. The molecule has 0 saturated carbocycles. The number of hydrogen-bond acceptors (Lipinski definition) is 3. The lowest BCUT2D eigenvalue weighted by atomic mass is 10.1. The fraction of sp³-hybridized carbons (Fsp3) is 0.400. The molecule has 3 heteroatoms. The Hall–Kier alpha value is -1.77. The molecule has 18 heavy (non-hydrogen) atoms. The number of fused-ring (bicyclic) bond motifs is 1. The maximum absolute atomic E-state index is 5.99. The van der Waals surface area contributed by atoms with Gasteiger partial charge in [0.2, 0.25) is 0 Å². The van der Waals surface area contributed by atoms with E-state index in [0.717, 1.165) is 29.6 Å². The van der Waals surface area contributed by atoms with Crippen molar-refractivity contribution in [1.82, 2.24) is 4.98 Å². The minimum absolute atomic E-state index is 0.516. The van der Waals surface area contributed by atoms with E-state index in [0.29, 0.717) is 6.04 Å². The first-order chi connectivity index (χ1) is 8.69. The fourth-order valence-corrected chi connectivity index (χ4v) is 2.37. The van der Waals surface area contributed by atoms with Crippen LogP contribution in [0.1, 0.15) is 27.2 Å². The molecule has 0 saturated heterocycles. The molecule has 1 aromatic heterocycles. The van der Waals surface area contributed by atoms with Gasteiger partial charge in [-0.15, -0.1) is 0 Å². The Morgan fingerprint density at radius 2 is 2.06 bits per heavy atom. The molecule has 2 aromatic rings. The fourth-order valence-electron chi connectivity index (χ4n) is 2.37. The quantitative estimate of drug-likeness (QED) is 0.836. The predicted octanol–water partition coefficient (Wildman–Crippen LogP) is 3.44. The van der Waals surface area contributed by atoms with E-state index in [9.17, 15) is 0 Å². The Kier molecular flexibility index (Phi) is 3.70. The van der Waals surface area contributed by atoms with E-state index in [-0.39, 0.29) is 0 Å². The van der Waals surface area contributed by atoms with Crippen LogP contribution in [0, 0.1) is 0 Å². The monoisotopic (exact) mass is 243 g/mol. The van der Waals surface area contributed by atoms with Crippen molar-refractivity contribution in [1.29, 1.82) is 0 Å². The van der Waals surface area contributed by atoms with Gasteiger partial charge in [0, 0.05) is 29.9 Å². The van der Waals surface area contributed by atoms with E-state index in [1.54, 1.807) is 0 Å². The van der Waals surface area contributed by atoms with Crippen LogP contribution >= 0.6 is 0 Å². The van der Waals surface area contributed by atoms with Gasteiger partial charge in [-0.2, -0.15) is 0 Å². The van der Waals surface area contributed by atoms with Crippen LogP contribution in [0.2, 0.25) is 0 Å². The van der Waals surface area contributed by atoms with E-state index in [4.69, 9.17) is 5.73 Å². The Bertz CT molecular complexity index is 536. The highest BCUT2D eigenvalue weighted by atomic mass is 15.2. The molecule has 0 aliphatic heterocycles. The number of pyridine rings is 1. The molecular formula is C15H21N3. The van der Waals surface area contributed by atoms with Crippen LogP contribution in [-0.4, -0.2) is 17.6 Å². The maximum atomic E-state index is 5.99. The average Bonchev–Trinajstić information content (AvgIpc) is 2.40. The summed E-state index contributed by atoms with van der Waals surface area (Å²) in [5, 5.41) is 1.14. The minimum atomic E-state index is 0.516. The van der Waals surface area contributed by atoms with Crippen LogP contribution in [0.25, 0.3) is 10.9 Å². The highest BCUT2D eigenvalue weighted by molar-refractivity contribution is 5.98. The Labute approximate surface area is 109 Å². The van der Waals surface area contributed by atoms with Crippen molar-refractivity contribution >= 4 is 22.3 Å². The van der Waals surface area contributed by atoms with E-state index < -0.39 is 0 Å². The van der Waals surface area contributed by atoms with Crippen LogP contribution in [0.15, 0.2) is 30.5 Å². The zero-order valence-electron chi connectivity index (χ0n) is 11.4. The van der Waals surface area contributed by atoms with Gasteiger partial charge in [-0.05, 0) is 32.4 Å². The molecule has 96 valence electrons. The topological polar surface area (TPSA) is 42.2 Å². The van der Waals surface area contributed by atoms with Crippen LogP contribution in [0.4, 0.5) is 11.4 Å². The molecule has 0 aliphatic carbocycles. The van der Waals surface area contributed by atoms with Crippen molar-refractivity contribution in [3.05, 3.63) is 30.5 Å². The lowest BCUT2D eigenvalue weighted by Gasteiger charge is -2.30. The number of hydrogen-bond donors (Lipinski definition) is 1. The summed E-state index contributed by atoms with van der Waals surface area (Å²) >= 11 is 0. The third-order valence-corrected chi connectivity index (χ3v) is 3.55. The van der Waals surface area contributed by atoms with Crippen LogP contribution in [0.5, 0.6) is 0 Å². The van der Waals surface area contributed by atoms with Crippen LogP contribution in [-0.2, 0) is 0 Å². The van der Waals surface area contributed by atoms with Crippen molar-refractivity contribution in [2.75, 3.05) is 17.2 Å². The molecule has 0 radical (unpaired) electrons. The summed E-state index contributed by atoms with van der Waals surface area (Å²) in [7, 11) is 0. The van der Waals surface area contributed by atoms with Gasteiger partial charge in [-0.1, -0.05) is 19.1 Å². The molecule has 1 heterocycles. The van der Waals surface area contributed by atoms with Gasteiger partial charge in [0.1, 0.15) is 0 Å². The summed E-state index contributed by atoms with van der Waals surface area (Å²) in [4.78, 5) is 6.80. The largest absolute Gasteiger partial charge is 0.397 e. The highest BCUT2D eigenvalue weighted by Crippen LogP contribution is 2.29. The second-order valence-corrected chi connectivity index (χ2v) is 4.62. The van der Waals surface area contributed by atoms with Crippen LogP contribution < -0.4 is 10.6 Å². The first-order valence-corrected chi connectivity index (χ1v) is 6.58. The van der Waals surface area contributed by atoms with Crippen molar-refractivity contribution in [3.8, 4) is 0 Å². The summed E-state index contributed by atoms with van der Waals surface area (Å²) < 4.78 is 0. The van der Waals surface area contributed by atoms with Gasteiger partial charge in [-0.3, -0.25) is 4.98 Å². The number of benzene rings is 1. The molecule has 3 nitrogen and oxygen atoms in total. The van der Waals surface area contributed by atoms with Crippen molar-refractivity contribution in [3.63, 3.8) is 0 Å². The van der Waals surface area contributed by atoms with Crippen LogP contribution in [0.3, 0.4) is 0 Å². The third kappa shape index (κ3) is 2.13. The van der Waals surface area contributed by atoms with Gasteiger partial charge in [-0.25, -0.2) is 0 Å². The minimum Gasteiger partial charge on any atom is -0.397 e. The Morgan fingerprint density at radius 3 is 2.72 bits per heavy atom. The molecular weight excluding hydrogens is 222 g/mol. The van der Waals surface area contributed by atoms with Gasteiger partial charge in [0.15, 0.2) is 0 Å². The number of para-hydroxylation sites is 1. The summed E-state index contributed by atoms with van der Waals surface area (Å²) in [6.45, 7) is 7.64. The van der Waals surface area contributed by atoms with Gasteiger partial charge < -0.3 is 10.6 Å². The van der Waals surface area contributed by atoms with E-state index in [1.807, 2.05) is 18.3 Å². The van der Waals surface area contributed by atoms with E-state index in [2.05, 4.69) is 42.8 Å². The average molecular weight is 243 g/mol. The smallest absolute Gasteiger partial charge is 0.0951 e. The molecule has 1 unspecified atom stereocenters. The normalized spacial score (nSPS) is 12.6. The third-order valence-electron chi connectivity index (χ3n) is 3.55. The number of nitrogens with zero attached hydrogens (tertiary/aromatic N) is 2. The zero-order valence-corrected chi connectivity index (χ0v) is 11.4. The highest BCUT2D eigenvalue weighted by Gasteiger charge is 2.14.